The second kappa shape index (κ2) is 6.96. The standard InChI is InChI=1S/C16H20Cl2N2O.ClH/c1-16(6-7-16)10-20(11-5-8-19-9-11)15(21)12-3-2-4-13(17)14(12)18;/h2-4,11,19H,5-10H2,1H3;1H/t11-;/m0./s1. The van der Waals surface area contributed by atoms with E-state index < -0.39 is 0 Å². The molecule has 1 saturated carbocycles. The molecule has 0 spiro atoms. The first-order valence-electron chi connectivity index (χ1n) is 7.46. The van der Waals surface area contributed by atoms with Gasteiger partial charge in [-0.2, -0.15) is 0 Å². The normalized spacial score (nSPS) is 22.0. The van der Waals surface area contributed by atoms with Crippen LogP contribution in [0.2, 0.25) is 10.0 Å². The van der Waals surface area contributed by atoms with Crippen LogP contribution in [0.1, 0.15) is 36.5 Å². The van der Waals surface area contributed by atoms with Gasteiger partial charge in [0.1, 0.15) is 0 Å². The summed E-state index contributed by atoms with van der Waals surface area (Å²) in [6.07, 6.45) is 3.39. The van der Waals surface area contributed by atoms with Crippen molar-refractivity contribution in [2.45, 2.75) is 32.2 Å². The van der Waals surface area contributed by atoms with Gasteiger partial charge in [-0.15, -0.1) is 12.4 Å². The third-order valence-corrected chi connectivity index (χ3v) is 5.39. The maximum absolute atomic E-state index is 13.0. The van der Waals surface area contributed by atoms with E-state index in [1.807, 2.05) is 4.90 Å². The molecule has 0 bridgehead atoms. The van der Waals surface area contributed by atoms with Gasteiger partial charge in [0.25, 0.3) is 5.91 Å². The molecule has 3 rings (SSSR count). The molecule has 1 N–H and O–H groups in total. The van der Waals surface area contributed by atoms with E-state index in [4.69, 9.17) is 23.2 Å². The molecule has 1 aliphatic carbocycles. The summed E-state index contributed by atoms with van der Waals surface area (Å²) in [5.74, 6) is 0.00400. The second-order valence-electron chi connectivity index (χ2n) is 6.49. The molecule has 0 unspecified atom stereocenters. The van der Waals surface area contributed by atoms with Crippen molar-refractivity contribution in [3.8, 4) is 0 Å². The van der Waals surface area contributed by atoms with E-state index in [2.05, 4.69) is 12.2 Å². The first-order valence-corrected chi connectivity index (χ1v) is 8.21. The Labute approximate surface area is 147 Å². The number of hydrogen-bond donors (Lipinski definition) is 1. The van der Waals surface area contributed by atoms with E-state index in [1.54, 1.807) is 18.2 Å². The van der Waals surface area contributed by atoms with Crippen LogP contribution in [0, 0.1) is 5.41 Å². The minimum atomic E-state index is 0. The maximum atomic E-state index is 13.0. The highest BCUT2D eigenvalue weighted by molar-refractivity contribution is 6.43. The van der Waals surface area contributed by atoms with Crippen molar-refractivity contribution in [2.75, 3.05) is 19.6 Å². The van der Waals surface area contributed by atoms with Crippen LogP contribution < -0.4 is 5.32 Å². The number of nitrogens with one attached hydrogen (secondary N) is 1. The molecule has 3 nitrogen and oxygen atoms in total. The zero-order chi connectivity index (χ0) is 15.0. The summed E-state index contributed by atoms with van der Waals surface area (Å²) in [4.78, 5) is 15.0. The molecule has 0 radical (unpaired) electrons. The van der Waals surface area contributed by atoms with Crippen molar-refractivity contribution in [3.63, 3.8) is 0 Å². The molecule has 2 fully saturated rings. The van der Waals surface area contributed by atoms with E-state index in [0.29, 0.717) is 15.6 Å². The number of hydrogen-bond acceptors (Lipinski definition) is 2. The van der Waals surface area contributed by atoms with Gasteiger partial charge >= 0.3 is 0 Å². The molecule has 1 heterocycles. The minimum Gasteiger partial charge on any atom is -0.334 e. The Kier molecular flexibility index (Phi) is 5.65. The van der Waals surface area contributed by atoms with Gasteiger partial charge < -0.3 is 10.2 Å². The third-order valence-electron chi connectivity index (χ3n) is 4.57. The molecule has 22 heavy (non-hydrogen) atoms. The van der Waals surface area contributed by atoms with E-state index >= 15 is 0 Å². The van der Waals surface area contributed by atoms with E-state index in [0.717, 1.165) is 26.1 Å². The first kappa shape index (κ1) is 17.9. The monoisotopic (exact) mass is 362 g/mol. The van der Waals surface area contributed by atoms with Gasteiger partial charge in [-0.25, -0.2) is 0 Å². The predicted octanol–water partition coefficient (Wildman–Crippen LogP) is 4.02. The highest BCUT2D eigenvalue weighted by atomic mass is 35.5. The lowest BCUT2D eigenvalue weighted by molar-refractivity contribution is 0.0651. The molecule has 122 valence electrons. The Morgan fingerprint density at radius 3 is 2.73 bits per heavy atom. The Hall–Kier alpha value is -0.480. The summed E-state index contributed by atoms with van der Waals surface area (Å²) in [7, 11) is 0. The second-order valence-corrected chi connectivity index (χ2v) is 7.28. The lowest BCUT2D eigenvalue weighted by Crippen LogP contribution is -2.44. The number of rotatable bonds is 4. The number of carbonyl (C=O) groups is 1. The van der Waals surface area contributed by atoms with Crippen molar-refractivity contribution in [1.29, 1.82) is 0 Å². The molecule has 1 saturated heterocycles. The van der Waals surface area contributed by atoms with Crippen molar-refractivity contribution in [3.05, 3.63) is 33.8 Å². The predicted molar refractivity (Wildman–Crippen MR) is 93.4 cm³/mol. The average Bonchev–Trinajstić information content (AvgIpc) is 2.97. The molecule has 1 aromatic rings. The number of amides is 1. The minimum absolute atomic E-state index is 0. The highest BCUT2D eigenvalue weighted by Gasteiger charge is 2.42. The van der Waals surface area contributed by atoms with Crippen LogP contribution in [-0.4, -0.2) is 36.5 Å². The Balaban J connectivity index is 0.00000176. The van der Waals surface area contributed by atoms with Crippen molar-refractivity contribution < 1.29 is 4.79 Å². The molecule has 1 amide bonds. The summed E-state index contributed by atoms with van der Waals surface area (Å²) in [6.45, 7) is 4.88. The van der Waals surface area contributed by atoms with Crippen LogP contribution in [0.25, 0.3) is 0 Å². The number of nitrogens with zero attached hydrogens (tertiary/aromatic N) is 1. The number of benzene rings is 1. The summed E-state index contributed by atoms with van der Waals surface area (Å²) >= 11 is 12.3. The molecule has 2 aliphatic rings. The lowest BCUT2D eigenvalue weighted by atomic mass is 10.1. The van der Waals surface area contributed by atoms with Crippen LogP contribution in [0.15, 0.2) is 18.2 Å². The van der Waals surface area contributed by atoms with Gasteiger partial charge in [-0.3, -0.25) is 4.79 Å². The smallest absolute Gasteiger partial charge is 0.255 e. The molecular formula is C16H21Cl3N2O. The summed E-state index contributed by atoms with van der Waals surface area (Å²) < 4.78 is 0. The molecule has 1 aromatic carbocycles. The van der Waals surface area contributed by atoms with Gasteiger partial charge in [-0.1, -0.05) is 36.2 Å². The Morgan fingerprint density at radius 1 is 1.41 bits per heavy atom. The molecule has 0 aromatic heterocycles. The molecule has 6 heteroatoms. The lowest BCUT2D eigenvalue weighted by Gasteiger charge is -2.31. The molecular weight excluding hydrogens is 343 g/mol. The fourth-order valence-corrected chi connectivity index (χ4v) is 3.26. The van der Waals surface area contributed by atoms with Crippen molar-refractivity contribution in [1.82, 2.24) is 10.2 Å². The van der Waals surface area contributed by atoms with Crippen LogP contribution in [0.5, 0.6) is 0 Å². The average molecular weight is 364 g/mol. The van der Waals surface area contributed by atoms with Crippen molar-refractivity contribution in [2.24, 2.45) is 5.41 Å². The van der Waals surface area contributed by atoms with Crippen LogP contribution in [-0.2, 0) is 0 Å². The van der Waals surface area contributed by atoms with Crippen LogP contribution in [0.4, 0.5) is 0 Å². The number of halogens is 3. The zero-order valence-electron chi connectivity index (χ0n) is 12.6. The van der Waals surface area contributed by atoms with E-state index in [1.165, 1.54) is 12.8 Å². The van der Waals surface area contributed by atoms with E-state index in [-0.39, 0.29) is 29.8 Å². The Morgan fingerprint density at radius 2 is 2.14 bits per heavy atom. The van der Waals surface area contributed by atoms with Gasteiger partial charge in [0.15, 0.2) is 0 Å². The highest BCUT2D eigenvalue weighted by Crippen LogP contribution is 2.46. The summed E-state index contributed by atoms with van der Waals surface area (Å²) in [5.41, 5.74) is 0.795. The first-order chi connectivity index (χ1) is 10.0. The van der Waals surface area contributed by atoms with Gasteiger partial charge in [0, 0.05) is 19.1 Å². The molecule has 1 atom stereocenters. The van der Waals surface area contributed by atoms with Crippen LogP contribution >= 0.6 is 35.6 Å². The quantitative estimate of drug-likeness (QED) is 0.876. The fraction of sp³-hybridized carbons (Fsp3) is 0.562. The zero-order valence-corrected chi connectivity index (χ0v) is 14.9. The Bertz CT molecular complexity index is 554. The van der Waals surface area contributed by atoms with Gasteiger partial charge in [0.2, 0.25) is 0 Å². The topological polar surface area (TPSA) is 32.3 Å². The summed E-state index contributed by atoms with van der Waals surface area (Å²) in [5, 5.41) is 4.14. The fourth-order valence-electron chi connectivity index (χ4n) is 2.88. The van der Waals surface area contributed by atoms with Crippen molar-refractivity contribution >= 4 is 41.5 Å². The van der Waals surface area contributed by atoms with Crippen LogP contribution in [0.3, 0.4) is 0 Å². The number of carbonyl (C=O) groups excluding carboxylic acids is 1. The molecule has 1 aliphatic heterocycles. The van der Waals surface area contributed by atoms with Gasteiger partial charge in [0.05, 0.1) is 15.6 Å². The van der Waals surface area contributed by atoms with E-state index in [9.17, 15) is 4.79 Å². The summed E-state index contributed by atoms with van der Waals surface area (Å²) in [6, 6.07) is 5.52. The maximum Gasteiger partial charge on any atom is 0.255 e. The SMILES string of the molecule is CC1(CN(C(=O)c2cccc(Cl)c2Cl)[C@H]2CCNC2)CC1.Cl. The van der Waals surface area contributed by atoms with Gasteiger partial charge in [-0.05, 0) is 43.4 Å². The largest absolute Gasteiger partial charge is 0.334 e. The third kappa shape index (κ3) is 3.70.